The topological polar surface area (TPSA) is 59.1 Å². The number of nitrogens with one attached hydrogen (secondary N) is 1. The van der Waals surface area contributed by atoms with Crippen LogP contribution in [0.2, 0.25) is 0 Å². The lowest BCUT2D eigenvalue weighted by Crippen LogP contribution is -2.29. The van der Waals surface area contributed by atoms with E-state index in [1.807, 2.05) is 20.8 Å². The average molecular weight is 276 g/mol. The van der Waals surface area contributed by atoms with Gasteiger partial charge in [0.2, 0.25) is 5.91 Å². The van der Waals surface area contributed by atoms with Crippen LogP contribution in [0.25, 0.3) is 0 Å². The van der Waals surface area contributed by atoms with Crippen molar-refractivity contribution in [3.05, 3.63) is 23.5 Å². The summed E-state index contributed by atoms with van der Waals surface area (Å²) in [6, 6.07) is 1.66. The normalized spacial score (nSPS) is 11.2. The fourth-order valence-electron chi connectivity index (χ4n) is 1.77. The minimum absolute atomic E-state index is 0.0608. The Kier molecular flexibility index (Phi) is 5.43. The van der Waals surface area contributed by atoms with Gasteiger partial charge in [-0.05, 0) is 25.8 Å². The molecule has 20 heavy (non-hydrogen) atoms. The van der Waals surface area contributed by atoms with E-state index in [-0.39, 0.29) is 11.7 Å². The van der Waals surface area contributed by atoms with Gasteiger partial charge in [-0.15, -0.1) is 0 Å². The summed E-state index contributed by atoms with van der Waals surface area (Å²) < 4.78 is 0. The molecule has 0 aliphatic rings. The van der Waals surface area contributed by atoms with Crippen LogP contribution in [0.4, 0.5) is 5.69 Å². The van der Waals surface area contributed by atoms with Gasteiger partial charge in [0, 0.05) is 17.2 Å². The average Bonchev–Trinajstić information content (AvgIpc) is 2.35. The van der Waals surface area contributed by atoms with E-state index in [1.165, 1.54) is 6.92 Å². The van der Waals surface area contributed by atoms with Gasteiger partial charge in [-0.25, -0.2) is 0 Å². The maximum absolute atomic E-state index is 12.2. The lowest BCUT2D eigenvalue weighted by molar-refractivity contribution is -0.123. The number of nitrogens with zero attached hydrogens (tertiary/aromatic N) is 1. The molecular formula is C16H24N2O2. The Hall–Kier alpha value is -1.71. The number of anilines is 1. The van der Waals surface area contributed by atoms with E-state index in [4.69, 9.17) is 0 Å². The number of aromatic nitrogens is 1. The Balaban J connectivity index is 3.18. The molecule has 0 aliphatic carbocycles. The summed E-state index contributed by atoms with van der Waals surface area (Å²) in [6.07, 6.45) is 4.41. The van der Waals surface area contributed by atoms with Crippen molar-refractivity contribution in [3.8, 4) is 0 Å². The number of rotatable bonds is 5. The first-order valence-corrected chi connectivity index (χ1v) is 7.07. The molecule has 1 aromatic heterocycles. The highest BCUT2D eigenvalue weighted by atomic mass is 16.2. The van der Waals surface area contributed by atoms with Crippen LogP contribution in [0.1, 0.15) is 63.5 Å². The van der Waals surface area contributed by atoms with E-state index in [9.17, 15) is 9.59 Å². The molecule has 1 rings (SSSR count). The molecule has 0 unspecified atom stereocenters. The number of Topliss-reactive ketones (excluding diaryl/α,β-unsaturated/α-hetero) is 1. The van der Waals surface area contributed by atoms with Crippen LogP contribution < -0.4 is 5.32 Å². The quantitative estimate of drug-likeness (QED) is 0.836. The molecule has 0 spiro atoms. The van der Waals surface area contributed by atoms with Crippen LogP contribution in [-0.4, -0.2) is 16.7 Å². The molecule has 1 aromatic rings. The second-order valence-corrected chi connectivity index (χ2v) is 6.04. The summed E-state index contributed by atoms with van der Waals surface area (Å²) in [4.78, 5) is 28.3. The van der Waals surface area contributed by atoms with Crippen molar-refractivity contribution in [3.63, 3.8) is 0 Å². The summed E-state index contributed by atoms with van der Waals surface area (Å²) in [5.74, 6) is -0.167. The molecule has 0 saturated heterocycles. The van der Waals surface area contributed by atoms with Gasteiger partial charge in [-0.2, -0.15) is 0 Å². The number of hydrogen-bond donors (Lipinski definition) is 1. The summed E-state index contributed by atoms with van der Waals surface area (Å²) >= 11 is 0. The third kappa shape index (κ3) is 4.15. The van der Waals surface area contributed by atoms with Crippen LogP contribution >= 0.6 is 0 Å². The first kappa shape index (κ1) is 16.3. The molecule has 0 aliphatic heterocycles. The van der Waals surface area contributed by atoms with Crippen molar-refractivity contribution in [2.45, 2.75) is 53.9 Å². The zero-order valence-corrected chi connectivity index (χ0v) is 13.0. The number of hydrogen-bond acceptors (Lipinski definition) is 3. The second kappa shape index (κ2) is 6.64. The third-order valence-corrected chi connectivity index (χ3v) is 3.10. The second-order valence-electron chi connectivity index (χ2n) is 6.04. The lowest BCUT2D eigenvalue weighted by atomic mass is 9.95. The maximum atomic E-state index is 12.2. The van der Waals surface area contributed by atoms with E-state index in [0.717, 1.165) is 25.0 Å². The van der Waals surface area contributed by atoms with Gasteiger partial charge < -0.3 is 5.32 Å². The van der Waals surface area contributed by atoms with Crippen molar-refractivity contribution < 1.29 is 9.59 Å². The van der Waals surface area contributed by atoms with E-state index in [2.05, 4.69) is 17.2 Å². The molecule has 0 aromatic carbocycles. The minimum atomic E-state index is -0.508. The highest BCUT2D eigenvalue weighted by Crippen LogP contribution is 2.24. The highest BCUT2D eigenvalue weighted by molar-refractivity contribution is 6.05. The lowest BCUT2D eigenvalue weighted by Gasteiger charge is -2.20. The SMILES string of the molecule is CCCCc1nccc(C(C)=O)c1NC(=O)C(C)(C)C. The van der Waals surface area contributed by atoms with Gasteiger partial charge >= 0.3 is 0 Å². The van der Waals surface area contributed by atoms with Crippen LogP contribution in [0.5, 0.6) is 0 Å². The Morgan fingerprint density at radius 2 is 1.95 bits per heavy atom. The van der Waals surface area contributed by atoms with E-state index in [0.29, 0.717) is 11.3 Å². The molecule has 110 valence electrons. The summed E-state index contributed by atoms with van der Waals surface area (Å²) in [7, 11) is 0. The first-order chi connectivity index (χ1) is 9.27. The van der Waals surface area contributed by atoms with E-state index < -0.39 is 5.41 Å². The van der Waals surface area contributed by atoms with E-state index in [1.54, 1.807) is 12.3 Å². The third-order valence-electron chi connectivity index (χ3n) is 3.10. The van der Waals surface area contributed by atoms with Crippen molar-refractivity contribution in [2.24, 2.45) is 5.41 Å². The molecule has 0 radical (unpaired) electrons. The fourth-order valence-corrected chi connectivity index (χ4v) is 1.77. The number of aryl methyl sites for hydroxylation is 1. The first-order valence-electron chi connectivity index (χ1n) is 7.07. The van der Waals surface area contributed by atoms with Crippen LogP contribution in [0.3, 0.4) is 0 Å². The molecule has 0 fully saturated rings. The molecule has 0 saturated carbocycles. The van der Waals surface area contributed by atoms with Gasteiger partial charge in [0.25, 0.3) is 0 Å². The van der Waals surface area contributed by atoms with Crippen molar-refractivity contribution >= 4 is 17.4 Å². The number of ketones is 1. The number of unbranched alkanes of at least 4 members (excludes halogenated alkanes) is 1. The van der Waals surface area contributed by atoms with Crippen LogP contribution in [0, 0.1) is 5.41 Å². The molecule has 4 nitrogen and oxygen atoms in total. The Morgan fingerprint density at radius 3 is 2.45 bits per heavy atom. The minimum Gasteiger partial charge on any atom is -0.323 e. The van der Waals surface area contributed by atoms with Crippen LogP contribution in [0.15, 0.2) is 12.3 Å². The summed E-state index contributed by atoms with van der Waals surface area (Å²) in [5.41, 5.74) is 1.39. The Labute approximate surface area is 121 Å². The number of pyridine rings is 1. The fraction of sp³-hybridized carbons (Fsp3) is 0.562. The van der Waals surface area contributed by atoms with Gasteiger partial charge in [-0.3, -0.25) is 14.6 Å². The summed E-state index contributed by atoms with van der Waals surface area (Å²) in [6.45, 7) is 9.14. The zero-order valence-electron chi connectivity index (χ0n) is 13.0. The molecule has 1 amide bonds. The smallest absolute Gasteiger partial charge is 0.229 e. The largest absolute Gasteiger partial charge is 0.323 e. The van der Waals surface area contributed by atoms with Gasteiger partial charge in [0.05, 0.1) is 11.4 Å². The standard InChI is InChI=1S/C16H24N2O2/c1-6-7-8-13-14(18-15(20)16(3,4)5)12(11(2)19)9-10-17-13/h9-10H,6-8H2,1-5H3,(H,18,20). The summed E-state index contributed by atoms with van der Waals surface area (Å²) in [5, 5.41) is 2.89. The Morgan fingerprint density at radius 1 is 1.30 bits per heavy atom. The zero-order chi connectivity index (χ0) is 15.3. The van der Waals surface area contributed by atoms with Crippen LogP contribution in [-0.2, 0) is 11.2 Å². The van der Waals surface area contributed by atoms with Gasteiger partial charge in [0.1, 0.15) is 0 Å². The highest BCUT2D eigenvalue weighted by Gasteiger charge is 2.24. The van der Waals surface area contributed by atoms with Gasteiger partial charge in [0.15, 0.2) is 5.78 Å². The van der Waals surface area contributed by atoms with Crippen molar-refractivity contribution in [1.82, 2.24) is 4.98 Å². The van der Waals surface area contributed by atoms with Crippen molar-refractivity contribution in [1.29, 1.82) is 0 Å². The monoisotopic (exact) mass is 276 g/mol. The number of carbonyl (C=O) groups is 2. The molecule has 0 atom stereocenters. The number of carbonyl (C=O) groups excluding carboxylic acids is 2. The molecule has 1 N–H and O–H groups in total. The van der Waals surface area contributed by atoms with E-state index >= 15 is 0 Å². The maximum Gasteiger partial charge on any atom is 0.229 e. The Bertz CT molecular complexity index is 502. The van der Waals surface area contributed by atoms with Crippen molar-refractivity contribution in [2.75, 3.05) is 5.32 Å². The predicted octanol–water partition coefficient (Wildman–Crippen LogP) is 3.61. The number of amides is 1. The predicted molar refractivity (Wildman–Crippen MR) is 80.9 cm³/mol. The molecule has 0 bridgehead atoms. The molecular weight excluding hydrogens is 252 g/mol. The molecule has 4 heteroatoms. The molecule has 1 heterocycles. The van der Waals surface area contributed by atoms with Gasteiger partial charge in [-0.1, -0.05) is 34.1 Å².